The van der Waals surface area contributed by atoms with E-state index in [1.807, 2.05) is 5.57 Å². The fourth-order valence-corrected chi connectivity index (χ4v) is 7.15. The van der Waals surface area contributed by atoms with Gasteiger partial charge in [0, 0.05) is 0 Å². The van der Waals surface area contributed by atoms with Crippen molar-refractivity contribution in [2.75, 3.05) is 0 Å². The van der Waals surface area contributed by atoms with Crippen molar-refractivity contribution in [1.29, 1.82) is 0 Å². The maximum atomic E-state index is 2.77. The molecular weight excluding hydrogens is 288 g/mol. The summed E-state index contributed by atoms with van der Waals surface area (Å²) in [7, 11) is 0. The summed E-state index contributed by atoms with van der Waals surface area (Å²) in [6.07, 6.45) is 13.3. The van der Waals surface area contributed by atoms with E-state index in [2.05, 4.69) is 47.6 Å². The Labute approximate surface area is 150 Å². The SMILES string of the molecule is CC(C)(C)C1C=C2CCC3CC(C(C)(C)C)CC4CCC(C1)C2C34. The first-order valence-corrected chi connectivity index (χ1v) is 10.8. The Bertz CT molecular complexity index is 503. The second kappa shape index (κ2) is 5.62. The van der Waals surface area contributed by atoms with Crippen LogP contribution in [0, 0.1) is 52.3 Å². The van der Waals surface area contributed by atoms with Crippen LogP contribution < -0.4 is 0 Å². The zero-order valence-electron chi connectivity index (χ0n) is 17.1. The van der Waals surface area contributed by atoms with Crippen molar-refractivity contribution in [2.45, 2.75) is 86.5 Å². The van der Waals surface area contributed by atoms with Crippen molar-refractivity contribution >= 4 is 0 Å². The first-order chi connectivity index (χ1) is 11.1. The first-order valence-electron chi connectivity index (χ1n) is 10.8. The predicted molar refractivity (Wildman–Crippen MR) is 104 cm³/mol. The molecule has 0 radical (unpaired) electrons. The van der Waals surface area contributed by atoms with Gasteiger partial charge in [0.05, 0.1) is 0 Å². The second-order valence-corrected chi connectivity index (χ2v) is 12.0. The predicted octanol–water partition coefficient (Wildman–Crippen LogP) is 7.10. The van der Waals surface area contributed by atoms with Crippen molar-refractivity contribution in [1.82, 2.24) is 0 Å². The normalized spacial score (nSPS) is 45.4. The molecular formula is C24H40. The summed E-state index contributed by atoms with van der Waals surface area (Å²) in [5.74, 6) is 6.95. The summed E-state index contributed by atoms with van der Waals surface area (Å²) >= 11 is 0. The number of hydrogen-bond donors (Lipinski definition) is 0. The smallest absolute Gasteiger partial charge is 0.0141 e. The molecule has 0 spiro atoms. The van der Waals surface area contributed by atoms with E-state index in [0.29, 0.717) is 10.8 Å². The molecule has 0 aromatic carbocycles. The van der Waals surface area contributed by atoms with Crippen LogP contribution in [-0.4, -0.2) is 0 Å². The van der Waals surface area contributed by atoms with Gasteiger partial charge in [-0.05, 0) is 97.2 Å². The highest BCUT2D eigenvalue weighted by Gasteiger charge is 2.53. The highest BCUT2D eigenvalue weighted by molar-refractivity contribution is 5.22. The average Bonchev–Trinajstić information content (AvgIpc) is 2.50. The van der Waals surface area contributed by atoms with Gasteiger partial charge in [0.25, 0.3) is 0 Å². The van der Waals surface area contributed by atoms with Crippen LogP contribution in [0.15, 0.2) is 11.6 Å². The van der Waals surface area contributed by atoms with E-state index in [0.717, 1.165) is 41.4 Å². The topological polar surface area (TPSA) is 0 Å². The van der Waals surface area contributed by atoms with Gasteiger partial charge in [-0.15, -0.1) is 0 Å². The Balaban J connectivity index is 1.62. The van der Waals surface area contributed by atoms with Gasteiger partial charge < -0.3 is 0 Å². The molecule has 136 valence electrons. The summed E-state index contributed by atoms with van der Waals surface area (Å²) in [5.41, 5.74) is 2.88. The third-order valence-corrected chi connectivity index (χ3v) is 8.64. The molecule has 0 aliphatic heterocycles. The molecule has 0 nitrogen and oxygen atoms in total. The van der Waals surface area contributed by atoms with Gasteiger partial charge in [-0.3, -0.25) is 0 Å². The lowest BCUT2D eigenvalue weighted by Gasteiger charge is -2.58. The highest BCUT2D eigenvalue weighted by Crippen LogP contribution is 2.62. The number of allylic oxidation sites excluding steroid dienone is 2. The van der Waals surface area contributed by atoms with Crippen LogP contribution in [0.2, 0.25) is 0 Å². The third kappa shape index (κ3) is 2.80. The van der Waals surface area contributed by atoms with Gasteiger partial charge in [0.15, 0.2) is 0 Å². The van der Waals surface area contributed by atoms with Crippen LogP contribution in [0.4, 0.5) is 0 Å². The van der Waals surface area contributed by atoms with Gasteiger partial charge in [-0.25, -0.2) is 0 Å². The molecule has 4 aliphatic carbocycles. The van der Waals surface area contributed by atoms with Crippen LogP contribution >= 0.6 is 0 Å². The van der Waals surface area contributed by atoms with Crippen LogP contribution in [0.3, 0.4) is 0 Å². The summed E-state index contributed by atoms with van der Waals surface area (Å²) in [6, 6.07) is 0. The van der Waals surface area contributed by atoms with E-state index in [1.54, 1.807) is 6.42 Å². The van der Waals surface area contributed by atoms with E-state index in [-0.39, 0.29) is 0 Å². The summed E-state index contributed by atoms with van der Waals surface area (Å²) in [6.45, 7) is 14.9. The molecule has 0 amide bonds. The lowest BCUT2D eigenvalue weighted by Crippen LogP contribution is -2.50. The molecule has 0 aromatic rings. The van der Waals surface area contributed by atoms with Crippen molar-refractivity contribution in [3.8, 4) is 0 Å². The van der Waals surface area contributed by atoms with Gasteiger partial charge in [-0.1, -0.05) is 53.2 Å². The maximum absolute atomic E-state index is 2.77. The first kappa shape index (κ1) is 17.2. The lowest BCUT2D eigenvalue weighted by molar-refractivity contribution is -0.0498. The number of hydrogen-bond acceptors (Lipinski definition) is 0. The molecule has 0 bridgehead atoms. The zero-order chi connectivity index (χ0) is 17.3. The standard InChI is InChI=1S/C24H40/c1-23(2,3)19-11-15-7-9-17-13-20(24(4,5)6)14-18-10-8-16(12-19)21(15)22(17)18/h11,16-22H,7-10,12-14H2,1-6H3. The average molecular weight is 329 g/mol. The Morgan fingerprint density at radius 1 is 0.750 bits per heavy atom. The highest BCUT2D eigenvalue weighted by atomic mass is 14.6. The largest absolute Gasteiger partial charge is 0.0814 e. The Morgan fingerprint density at radius 2 is 1.38 bits per heavy atom. The van der Waals surface area contributed by atoms with Gasteiger partial charge in [0.2, 0.25) is 0 Å². The second-order valence-electron chi connectivity index (χ2n) is 12.0. The van der Waals surface area contributed by atoms with E-state index >= 15 is 0 Å². The molecule has 4 rings (SSSR count). The Morgan fingerprint density at radius 3 is 2.00 bits per heavy atom. The molecule has 0 heterocycles. The van der Waals surface area contributed by atoms with Crippen LogP contribution in [0.5, 0.6) is 0 Å². The summed E-state index contributed by atoms with van der Waals surface area (Å²) in [4.78, 5) is 0. The fourth-order valence-electron chi connectivity index (χ4n) is 7.15. The summed E-state index contributed by atoms with van der Waals surface area (Å²) < 4.78 is 0. The fraction of sp³-hybridized carbons (Fsp3) is 0.917. The molecule has 0 heteroatoms. The minimum Gasteiger partial charge on any atom is -0.0814 e. The maximum Gasteiger partial charge on any atom is -0.0141 e. The van der Waals surface area contributed by atoms with Crippen molar-refractivity contribution in [3.63, 3.8) is 0 Å². The van der Waals surface area contributed by atoms with Gasteiger partial charge in [-0.2, -0.15) is 0 Å². The van der Waals surface area contributed by atoms with E-state index < -0.39 is 0 Å². The van der Waals surface area contributed by atoms with Gasteiger partial charge in [0.1, 0.15) is 0 Å². The minimum absolute atomic E-state index is 0.454. The molecule has 0 aromatic heterocycles. The quantitative estimate of drug-likeness (QED) is 0.416. The molecule has 0 saturated heterocycles. The van der Waals surface area contributed by atoms with E-state index in [9.17, 15) is 0 Å². The lowest BCUT2D eigenvalue weighted by atomic mass is 9.46. The van der Waals surface area contributed by atoms with Gasteiger partial charge >= 0.3 is 0 Å². The molecule has 24 heavy (non-hydrogen) atoms. The van der Waals surface area contributed by atoms with Crippen LogP contribution in [0.1, 0.15) is 86.5 Å². The third-order valence-electron chi connectivity index (χ3n) is 8.64. The molecule has 3 fully saturated rings. The Kier molecular flexibility index (Phi) is 4.02. The molecule has 7 unspecified atom stereocenters. The van der Waals surface area contributed by atoms with Crippen molar-refractivity contribution < 1.29 is 0 Å². The molecule has 3 saturated carbocycles. The Hall–Kier alpha value is -0.260. The minimum atomic E-state index is 0.454. The van der Waals surface area contributed by atoms with Crippen LogP contribution in [0.25, 0.3) is 0 Å². The molecule has 4 aliphatic rings. The summed E-state index contributed by atoms with van der Waals surface area (Å²) in [5, 5.41) is 0. The zero-order valence-corrected chi connectivity index (χ0v) is 17.1. The van der Waals surface area contributed by atoms with Crippen molar-refractivity contribution in [2.24, 2.45) is 52.3 Å². The van der Waals surface area contributed by atoms with Crippen molar-refractivity contribution in [3.05, 3.63) is 11.6 Å². The molecule has 0 N–H and O–H groups in total. The van der Waals surface area contributed by atoms with E-state index in [4.69, 9.17) is 0 Å². The van der Waals surface area contributed by atoms with E-state index in [1.165, 1.54) is 38.5 Å². The number of rotatable bonds is 0. The van der Waals surface area contributed by atoms with Crippen LogP contribution in [-0.2, 0) is 0 Å². The monoisotopic (exact) mass is 328 g/mol. The molecule has 7 atom stereocenters.